The molecule has 0 spiro atoms. The standard InChI is InChI=1S/C20H31ClN4O/c1-15-13-16(5-6-17(15)21)23-9-11-24(12-10-23)19(26)18-14-25(8-7-22-18)20(2,3)4/h5-6,13,18,22H,7-12,14H2,1-4H3/t18-/m1/s1. The third-order valence-electron chi connectivity index (χ3n) is 5.52. The molecule has 26 heavy (non-hydrogen) atoms. The van der Waals surface area contributed by atoms with Crippen LogP contribution in [0.2, 0.25) is 5.02 Å². The molecular formula is C20H31ClN4O. The largest absolute Gasteiger partial charge is 0.368 e. The van der Waals surface area contributed by atoms with Crippen LogP contribution in [0.4, 0.5) is 5.69 Å². The quantitative estimate of drug-likeness (QED) is 0.857. The number of benzene rings is 1. The monoisotopic (exact) mass is 378 g/mol. The molecule has 1 N–H and O–H groups in total. The second-order valence-corrected chi connectivity index (χ2v) is 8.78. The fraction of sp³-hybridized carbons (Fsp3) is 0.650. The van der Waals surface area contributed by atoms with Crippen LogP contribution in [-0.4, -0.2) is 73.1 Å². The van der Waals surface area contributed by atoms with Gasteiger partial charge in [0.05, 0.1) is 6.04 Å². The van der Waals surface area contributed by atoms with E-state index in [0.717, 1.165) is 56.4 Å². The number of nitrogens with one attached hydrogen (secondary N) is 1. The Kier molecular flexibility index (Phi) is 5.80. The molecule has 0 saturated carbocycles. The van der Waals surface area contributed by atoms with Crippen LogP contribution in [0.3, 0.4) is 0 Å². The van der Waals surface area contributed by atoms with E-state index >= 15 is 0 Å². The van der Waals surface area contributed by atoms with Crippen molar-refractivity contribution in [2.45, 2.75) is 39.3 Å². The van der Waals surface area contributed by atoms with Gasteiger partial charge in [-0.2, -0.15) is 0 Å². The van der Waals surface area contributed by atoms with Gasteiger partial charge in [0, 0.05) is 62.1 Å². The van der Waals surface area contributed by atoms with Gasteiger partial charge in [-0.05, 0) is 51.5 Å². The summed E-state index contributed by atoms with van der Waals surface area (Å²) >= 11 is 6.13. The number of carbonyl (C=O) groups is 1. The average Bonchev–Trinajstić information content (AvgIpc) is 2.63. The first kappa shape index (κ1) is 19.5. The Morgan fingerprint density at radius 1 is 1.15 bits per heavy atom. The third-order valence-corrected chi connectivity index (χ3v) is 5.94. The average molecular weight is 379 g/mol. The van der Waals surface area contributed by atoms with Crippen molar-refractivity contribution in [3.05, 3.63) is 28.8 Å². The number of carbonyl (C=O) groups excluding carboxylic acids is 1. The Balaban J connectivity index is 1.57. The number of anilines is 1. The molecule has 3 rings (SSSR count). The van der Waals surface area contributed by atoms with E-state index in [2.05, 4.69) is 48.0 Å². The molecule has 1 amide bonds. The summed E-state index contributed by atoms with van der Waals surface area (Å²) in [5.74, 6) is 0.242. The van der Waals surface area contributed by atoms with Crippen LogP contribution < -0.4 is 10.2 Å². The number of hydrogen-bond donors (Lipinski definition) is 1. The Morgan fingerprint density at radius 2 is 1.85 bits per heavy atom. The van der Waals surface area contributed by atoms with Gasteiger partial charge in [-0.1, -0.05) is 11.6 Å². The molecule has 1 atom stereocenters. The second-order valence-electron chi connectivity index (χ2n) is 8.37. The van der Waals surface area contributed by atoms with Crippen LogP contribution in [0.25, 0.3) is 0 Å². The number of amides is 1. The molecule has 2 aliphatic rings. The highest BCUT2D eigenvalue weighted by molar-refractivity contribution is 6.31. The SMILES string of the molecule is Cc1cc(N2CCN(C(=O)[C@H]3CN(C(C)(C)C)CCN3)CC2)ccc1Cl. The zero-order valence-electron chi connectivity index (χ0n) is 16.4. The molecule has 2 heterocycles. The lowest BCUT2D eigenvalue weighted by Gasteiger charge is -2.43. The summed E-state index contributed by atoms with van der Waals surface area (Å²) < 4.78 is 0. The summed E-state index contributed by atoms with van der Waals surface area (Å²) in [7, 11) is 0. The molecule has 0 bridgehead atoms. The second kappa shape index (κ2) is 7.75. The van der Waals surface area contributed by atoms with Crippen molar-refractivity contribution in [2.24, 2.45) is 0 Å². The van der Waals surface area contributed by atoms with Crippen molar-refractivity contribution >= 4 is 23.2 Å². The maximum absolute atomic E-state index is 13.0. The van der Waals surface area contributed by atoms with E-state index < -0.39 is 0 Å². The lowest BCUT2D eigenvalue weighted by molar-refractivity contribution is -0.135. The molecule has 2 aliphatic heterocycles. The van der Waals surface area contributed by atoms with Gasteiger partial charge in [0.25, 0.3) is 0 Å². The molecule has 5 nitrogen and oxygen atoms in total. The predicted octanol–water partition coefficient (Wildman–Crippen LogP) is 2.37. The molecule has 144 valence electrons. The smallest absolute Gasteiger partial charge is 0.241 e. The highest BCUT2D eigenvalue weighted by atomic mass is 35.5. The first-order valence-corrected chi connectivity index (χ1v) is 9.92. The van der Waals surface area contributed by atoms with Crippen LogP contribution >= 0.6 is 11.6 Å². The van der Waals surface area contributed by atoms with Crippen molar-refractivity contribution in [2.75, 3.05) is 50.7 Å². The minimum atomic E-state index is -0.0905. The summed E-state index contributed by atoms with van der Waals surface area (Å²) in [6.45, 7) is 14.6. The van der Waals surface area contributed by atoms with E-state index in [1.165, 1.54) is 5.69 Å². The normalized spacial score (nSPS) is 22.6. The molecule has 6 heteroatoms. The van der Waals surface area contributed by atoms with E-state index in [-0.39, 0.29) is 17.5 Å². The van der Waals surface area contributed by atoms with Gasteiger partial charge in [0.2, 0.25) is 5.91 Å². The fourth-order valence-electron chi connectivity index (χ4n) is 3.76. The highest BCUT2D eigenvalue weighted by Gasteiger charge is 2.34. The number of aryl methyl sites for hydroxylation is 1. The maximum atomic E-state index is 13.0. The van der Waals surface area contributed by atoms with Gasteiger partial charge < -0.3 is 15.1 Å². The van der Waals surface area contributed by atoms with E-state index in [9.17, 15) is 4.79 Å². The predicted molar refractivity (Wildman–Crippen MR) is 108 cm³/mol. The Hall–Kier alpha value is -1.30. The summed E-state index contributed by atoms with van der Waals surface area (Å²) in [5, 5.41) is 4.21. The zero-order valence-corrected chi connectivity index (χ0v) is 17.1. The Morgan fingerprint density at radius 3 is 2.46 bits per heavy atom. The zero-order chi connectivity index (χ0) is 18.9. The van der Waals surface area contributed by atoms with E-state index in [1.54, 1.807) is 0 Å². The number of halogens is 1. The van der Waals surface area contributed by atoms with E-state index in [1.807, 2.05) is 17.9 Å². The highest BCUT2D eigenvalue weighted by Crippen LogP contribution is 2.24. The topological polar surface area (TPSA) is 38.8 Å². The van der Waals surface area contributed by atoms with Crippen LogP contribution in [0, 0.1) is 6.92 Å². The van der Waals surface area contributed by atoms with Crippen LogP contribution in [0.5, 0.6) is 0 Å². The molecule has 0 aromatic heterocycles. The first-order valence-electron chi connectivity index (χ1n) is 9.54. The number of nitrogens with zero attached hydrogens (tertiary/aromatic N) is 3. The van der Waals surface area contributed by atoms with Gasteiger partial charge in [-0.3, -0.25) is 9.69 Å². The molecular weight excluding hydrogens is 348 g/mol. The molecule has 1 aromatic carbocycles. The van der Waals surface area contributed by atoms with E-state index in [0.29, 0.717) is 0 Å². The third kappa shape index (κ3) is 4.33. The van der Waals surface area contributed by atoms with Gasteiger partial charge in [-0.25, -0.2) is 0 Å². The van der Waals surface area contributed by atoms with Crippen molar-refractivity contribution in [3.63, 3.8) is 0 Å². The van der Waals surface area contributed by atoms with Gasteiger partial charge in [0.1, 0.15) is 0 Å². The number of hydrogen-bond acceptors (Lipinski definition) is 4. The number of rotatable bonds is 2. The minimum absolute atomic E-state index is 0.0905. The lowest BCUT2D eigenvalue weighted by Crippen LogP contribution is -2.63. The van der Waals surface area contributed by atoms with Crippen LogP contribution in [0.1, 0.15) is 26.3 Å². The lowest BCUT2D eigenvalue weighted by atomic mass is 10.0. The Bertz CT molecular complexity index is 650. The van der Waals surface area contributed by atoms with Crippen molar-refractivity contribution < 1.29 is 4.79 Å². The van der Waals surface area contributed by atoms with Gasteiger partial charge in [-0.15, -0.1) is 0 Å². The van der Waals surface area contributed by atoms with E-state index in [4.69, 9.17) is 11.6 Å². The number of piperazine rings is 2. The summed E-state index contributed by atoms with van der Waals surface area (Å²) in [4.78, 5) is 19.7. The summed E-state index contributed by atoms with van der Waals surface area (Å²) in [5.41, 5.74) is 2.39. The van der Waals surface area contributed by atoms with Crippen LogP contribution in [-0.2, 0) is 4.79 Å². The molecule has 1 aromatic rings. The molecule has 0 aliphatic carbocycles. The van der Waals surface area contributed by atoms with Crippen molar-refractivity contribution in [1.29, 1.82) is 0 Å². The van der Waals surface area contributed by atoms with Gasteiger partial charge >= 0.3 is 0 Å². The molecule has 0 unspecified atom stereocenters. The fourth-order valence-corrected chi connectivity index (χ4v) is 3.87. The summed E-state index contributed by atoms with van der Waals surface area (Å²) in [6, 6.07) is 6.06. The molecule has 0 radical (unpaired) electrons. The van der Waals surface area contributed by atoms with Crippen molar-refractivity contribution in [1.82, 2.24) is 15.1 Å². The maximum Gasteiger partial charge on any atom is 0.241 e. The van der Waals surface area contributed by atoms with Gasteiger partial charge in [0.15, 0.2) is 0 Å². The van der Waals surface area contributed by atoms with Crippen LogP contribution in [0.15, 0.2) is 18.2 Å². The van der Waals surface area contributed by atoms with Crippen molar-refractivity contribution in [3.8, 4) is 0 Å². The Labute approximate surface area is 162 Å². The first-order chi connectivity index (χ1) is 12.3. The summed E-state index contributed by atoms with van der Waals surface area (Å²) in [6.07, 6.45) is 0. The molecule has 2 fully saturated rings. The minimum Gasteiger partial charge on any atom is -0.368 e. The molecule has 2 saturated heterocycles.